The molecule has 2 fully saturated rings. The summed E-state index contributed by atoms with van der Waals surface area (Å²) in [6, 6.07) is 5.92. The summed E-state index contributed by atoms with van der Waals surface area (Å²) in [6.07, 6.45) is 6.35. The molecule has 0 aliphatic carbocycles. The fourth-order valence-corrected chi connectivity index (χ4v) is 4.67. The lowest BCUT2D eigenvalue weighted by molar-refractivity contribution is 0.0208. The molecule has 2 saturated heterocycles. The maximum atomic E-state index is 5.64. The van der Waals surface area contributed by atoms with Crippen molar-refractivity contribution in [2.24, 2.45) is 4.99 Å². The SMILES string of the molecule is CCNC(=NCC1(N2CCCCC2)CCN(C)CC1)Nc1ccc(OCC)c(OC)c1. The molecule has 7 heteroatoms. The molecule has 0 spiro atoms. The third-order valence-electron chi connectivity index (χ3n) is 6.55. The summed E-state index contributed by atoms with van der Waals surface area (Å²) in [4.78, 5) is 10.3. The smallest absolute Gasteiger partial charge is 0.195 e. The molecule has 2 heterocycles. The van der Waals surface area contributed by atoms with Crippen LogP contribution in [0.3, 0.4) is 0 Å². The van der Waals surface area contributed by atoms with Crippen molar-refractivity contribution in [2.45, 2.75) is 51.5 Å². The first-order chi connectivity index (χ1) is 15.1. The number of guanidine groups is 1. The second-order valence-corrected chi connectivity index (χ2v) is 8.69. The van der Waals surface area contributed by atoms with Gasteiger partial charge in [-0.25, -0.2) is 0 Å². The van der Waals surface area contributed by atoms with Crippen LogP contribution in [0.1, 0.15) is 46.0 Å². The minimum Gasteiger partial charge on any atom is -0.493 e. The molecular formula is C24H41N5O2. The summed E-state index contributed by atoms with van der Waals surface area (Å²) in [5.41, 5.74) is 1.11. The lowest BCUT2D eigenvalue weighted by Crippen LogP contribution is -2.58. The second-order valence-electron chi connectivity index (χ2n) is 8.69. The van der Waals surface area contributed by atoms with Crippen LogP contribution >= 0.6 is 0 Å². The van der Waals surface area contributed by atoms with Crippen LogP contribution in [0.4, 0.5) is 5.69 Å². The van der Waals surface area contributed by atoms with Crippen LogP contribution in [0.5, 0.6) is 11.5 Å². The number of hydrogen-bond acceptors (Lipinski definition) is 5. The third-order valence-corrected chi connectivity index (χ3v) is 6.55. The van der Waals surface area contributed by atoms with E-state index in [2.05, 4.69) is 34.4 Å². The fraction of sp³-hybridized carbons (Fsp3) is 0.708. The van der Waals surface area contributed by atoms with Gasteiger partial charge in [0, 0.05) is 23.8 Å². The van der Waals surface area contributed by atoms with Crippen molar-refractivity contribution in [3.63, 3.8) is 0 Å². The van der Waals surface area contributed by atoms with E-state index >= 15 is 0 Å². The predicted octanol–water partition coefficient (Wildman–Crippen LogP) is 3.42. The van der Waals surface area contributed by atoms with E-state index < -0.39 is 0 Å². The summed E-state index contributed by atoms with van der Waals surface area (Å²) in [6.45, 7) is 11.0. The molecule has 0 unspecified atom stereocenters. The Bertz CT molecular complexity index is 710. The van der Waals surface area contributed by atoms with E-state index in [9.17, 15) is 0 Å². The number of nitrogens with one attached hydrogen (secondary N) is 2. The monoisotopic (exact) mass is 431 g/mol. The van der Waals surface area contributed by atoms with Gasteiger partial charge in [0.1, 0.15) is 0 Å². The highest BCUT2D eigenvalue weighted by atomic mass is 16.5. The molecule has 1 aromatic carbocycles. The van der Waals surface area contributed by atoms with Crippen molar-refractivity contribution in [3.8, 4) is 11.5 Å². The quantitative estimate of drug-likeness (QED) is 0.486. The van der Waals surface area contributed by atoms with Crippen molar-refractivity contribution in [2.75, 3.05) is 65.3 Å². The number of nitrogens with zero attached hydrogens (tertiary/aromatic N) is 3. The van der Waals surface area contributed by atoms with Crippen LogP contribution in [0.25, 0.3) is 0 Å². The number of piperidine rings is 2. The normalized spacial score (nSPS) is 20.3. The Morgan fingerprint density at radius 1 is 1.06 bits per heavy atom. The average Bonchev–Trinajstić information content (AvgIpc) is 2.80. The molecule has 0 atom stereocenters. The van der Waals surface area contributed by atoms with Gasteiger partial charge >= 0.3 is 0 Å². The summed E-state index contributed by atoms with van der Waals surface area (Å²) >= 11 is 0. The second kappa shape index (κ2) is 11.6. The van der Waals surface area contributed by atoms with Crippen LogP contribution in [0.15, 0.2) is 23.2 Å². The largest absolute Gasteiger partial charge is 0.493 e. The van der Waals surface area contributed by atoms with Crippen LogP contribution in [0, 0.1) is 0 Å². The first kappa shape index (κ1) is 23.7. The molecule has 2 aliphatic rings. The van der Waals surface area contributed by atoms with Gasteiger partial charge < -0.3 is 25.0 Å². The Morgan fingerprint density at radius 2 is 1.81 bits per heavy atom. The van der Waals surface area contributed by atoms with Crippen LogP contribution in [-0.2, 0) is 0 Å². The number of methoxy groups -OCH3 is 1. The number of ether oxygens (including phenoxy) is 2. The first-order valence-electron chi connectivity index (χ1n) is 11.9. The van der Waals surface area contributed by atoms with E-state index in [0.29, 0.717) is 6.61 Å². The van der Waals surface area contributed by atoms with E-state index in [1.165, 1.54) is 45.2 Å². The number of benzene rings is 1. The molecule has 2 N–H and O–H groups in total. The predicted molar refractivity (Wildman–Crippen MR) is 129 cm³/mol. The van der Waals surface area contributed by atoms with E-state index in [0.717, 1.165) is 49.3 Å². The average molecular weight is 432 g/mol. The first-order valence-corrected chi connectivity index (χ1v) is 11.9. The number of aliphatic imine (C=N–C) groups is 1. The van der Waals surface area contributed by atoms with Crippen molar-refractivity contribution in [1.29, 1.82) is 0 Å². The molecule has 7 nitrogen and oxygen atoms in total. The highest BCUT2D eigenvalue weighted by Gasteiger charge is 2.39. The van der Waals surface area contributed by atoms with E-state index in [-0.39, 0.29) is 5.54 Å². The minimum absolute atomic E-state index is 0.172. The zero-order chi connectivity index (χ0) is 22.1. The van der Waals surface area contributed by atoms with Gasteiger partial charge in [-0.05, 0) is 84.9 Å². The maximum absolute atomic E-state index is 5.64. The molecule has 174 valence electrons. The van der Waals surface area contributed by atoms with Gasteiger partial charge in [-0.1, -0.05) is 6.42 Å². The molecule has 31 heavy (non-hydrogen) atoms. The topological polar surface area (TPSA) is 61.4 Å². The van der Waals surface area contributed by atoms with Gasteiger partial charge in [0.2, 0.25) is 0 Å². The zero-order valence-electron chi connectivity index (χ0n) is 19.9. The van der Waals surface area contributed by atoms with Crippen molar-refractivity contribution in [1.82, 2.24) is 15.1 Å². The lowest BCUT2D eigenvalue weighted by Gasteiger charge is -2.49. The molecule has 0 amide bonds. The Labute approximate surface area is 188 Å². The summed E-state index contributed by atoms with van der Waals surface area (Å²) in [5, 5.41) is 6.88. The molecule has 1 aromatic rings. The Hall–Kier alpha value is -1.99. The fourth-order valence-electron chi connectivity index (χ4n) is 4.67. The zero-order valence-corrected chi connectivity index (χ0v) is 19.9. The molecule has 0 saturated carbocycles. The van der Waals surface area contributed by atoms with E-state index in [4.69, 9.17) is 14.5 Å². The summed E-state index contributed by atoms with van der Waals surface area (Å²) in [7, 11) is 3.90. The van der Waals surface area contributed by atoms with Gasteiger partial charge in [0.15, 0.2) is 17.5 Å². The molecule has 0 radical (unpaired) electrons. The van der Waals surface area contributed by atoms with Crippen LogP contribution in [0.2, 0.25) is 0 Å². The Morgan fingerprint density at radius 3 is 2.45 bits per heavy atom. The molecule has 2 aliphatic heterocycles. The molecular weight excluding hydrogens is 390 g/mol. The highest BCUT2D eigenvalue weighted by molar-refractivity contribution is 5.94. The lowest BCUT2D eigenvalue weighted by atomic mass is 9.84. The Balaban J connectivity index is 1.76. The third kappa shape index (κ3) is 6.26. The van der Waals surface area contributed by atoms with Gasteiger partial charge in [0.25, 0.3) is 0 Å². The number of hydrogen-bond donors (Lipinski definition) is 2. The van der Waals surface area contributed by atoms with Gasteiger partial charge in [-0.15, -0.1) is 0 Å². The maximum Gasteiger partial charge on any atom is 0.195 e. The van der Waals surface area contributed by atoms with Crippen molar-refractivity contribution in [3.05, 3.63) is 18.2 Å². The number of likely N-dealkylation sites (tertiary alicyclic amines) is 2. The number of rotatable bonds is 8. The summed E-state index contributed by atoms with van der Waals surface area (Å²) in [5.74, 6) is 2.31. The van der Waals surface area contributed by atoms with E-state index in [1.54, 1.807) is 7.11 Å². The van der Waals surface area contributed by atoms with Crippen LogP contribution in [-0.4, -0.2) is 81.3 Å². The van der Waals surface area contributed by atoms with Gasteiger partial charge in [0.05, 0.1) is 20.3 Å². The van der Waals surface area contributed by atoms with Gasteiger partial charge in [-0.3, -0.25) is 9.89 Å². The molecule has 0 aromatic heterocycles. The molecule has 0 bridgehead atoms. The Kier molecular flexibility index (Phi) is 8.84. The highest BCUT2D eigenvalue weighted by Crippen LogP contribution is 2.32. The molecule has 3 rings (SSSR count). The van der Waals surface area contributed by atoms with Crippen molar-refractivity contribution >= 4 is 11.6 Å². The summed E-state index contributed by atoms with van der Waals surface area (Å²) < 4.78 is 11.1. The van der Waals surface area contributed by atoms with Gasteiger partial charge in [-0.2, -0.15) is 0 Å². The minimum atomic E-state index is 0.172. The van der Waals surface area contributed by atoms with E-state index in [1.807, 2.05) is 25.1 Å². The standard InChI is InChI=1S/C24H41N5O2/c1-5-25-23(27-20-10-11-21(31-6-2)22(18-20)30-4)26-19-24(12-16-28(3)17-13-24)29-14-8-7-9-15-29/h10-11,18H,5-9,12-17,19H2,1-4H3,(H2,25,26,27). The van der Waals surface area contributed by atoms with Crippen LogP contribution < -0.4 is 20.1 Å². The number of anilines is 1. The van der Waals surface area contributed by atoms with Crippen molar-refractivity contribution < 1.29 is 9.47 Å².